The van der Waals surface area contributed by atoms with Gasteiger partial charge in [0.25, 0.3) is 5.91 Å². The molecule has 0 radical (unpaired) electrons. The van der Waals surface area contributed by atoms with Crippen molar-refractivity contribution < 1.29 is 4.79 Å². The maximum absolute atomic E-state index is 11.5. The summed E-state index contributed by atoms with van der Waals surface area (Å²) in [4.78, 5) is 12.3. The van der Waals surface area contributed by atoms with Crippen LogP contribution in [0.4, 0.5) is 0 Å². The van der Waals surface area contributed by atoms with Gasteiger partial charge in [-0.3, -0.25) is 4.79 Å². The van der Waals surface area contributed by atoms with E-state index in [-0.39, 0.29) is 11.9 Å². The lowest BCUT2D eigenvalue weighted by Crippen LogP contribution is -2.41. The van der Waals surface area contributed by atoms with Crippen molar-refractivity contribution in [2.24, 2.45) is 0 Å². The number of hydrogen-bond donors (Lipinski definition) is 0. The van der Waals surface area contributed by atoms with Gasteiger partial charge in [-0.2, -0.15) is 0 Å². The molecule has 1 amide bonds. The zero-order chi connectivity index (χ0) is 10.4. The lowest BCUT2D eigenvalue weighted by molar-refractivity contribution is -0.131. The molecule has 0 heterocycles. The van der Waals surface area contributed by atoms with Gasteiger partial charge in [0.15, 0.2) is 4.84 Å². The minimum absolute atomic E-state index is 0.181. The fourth-order valence-corrected chi connectivity index (χ4v) is 1.39. The fraction of sp³-hybridized carbons (Fsp3) is 0.889. The number of hydrogen-bond acceptors (Lipinski definition) is 1. The van der Waals surface area contributed by atoms with Gasteiger partial charge in [0.2, 0.25) is 0 Å². The summed E-state index contributed by atoms with van der Waals surface area (Å²) in [5.41, 5.74) is 0. The molecular weight excluding hydrogens is 209 g/mol. The summed E-state index contributed by atoms with van der Waals surface area (Å²) in [6.45, 7) is 6.80. The molecule has 0 spiro atoms. The zero-order valence-electron chi connectivity index (χ0n) is 8.39. The van der Waals surface area contributed by atoms with E-state index in [1.165, 1.54) is 0 Å². The van der Waals surface area contributed by atoms with Crippen molar-refractivity contribution >= 4 is 29.1 Å². The monoisotopic (exact) mass is 225 g/mol. The molecule has 0 rings (SSSR count). The third-order valence-corrected chi connectivity index (χ3v) is 2.43. The normalized spacial score (nSPS) is 13.1. The predicted octanol–water partition coefficient (Wildman–Crippen LogP) is 2.83. The van der Waals surface area contributed by atoms with Crippen molar-refractivity contribution in [1.82, 2.24) is 4.90 Å². The van der Waals surface area contributed by atoms with Crippen molar-refractivity contribution in [3.63, 3.8) is 0 Å². The molecule has 0 aliphatic carbocycles. The summed E-state index contributed by atoms with van der Waals surface area (Å²) < 4.78 is 0. The maximum Gasteiger partial charge on any atom is 0.256 e. The van der Waals surface area contributed by atoms with Gasteiger partial charge in [0, 0.05) is 12.6 Å². The largest absolute Gasteiger partial charge is 0.338 e. The van der Waals surface area contributed by atoms with Crippen molar-refractivity contribution in [2.75, 3.05) is 6.54 Å². The molecule has 0 aromatic carbocycles. The Morgan fingerprint density at radius 2 is 1.92 bits per heavy atom. The van der Waals surface area contributed by atoms with Crippen LogP contribution >= 0.6 is 23.2 Å². The van der Waals surface area contributed by atoms with E-state index in [2.05, 4.69) is 0 Å². The van der Waals surface area contributed by atoms with E-state index < -0.39 is 4.84 Å². The average molecular weight is 226 g/mol. The second-order valence-corrected chi connectivity index (χ2v) is 4.19. The highest BCUT2D eigenvalue weighted by molar-refractivity contribution is 6.53. The zero-order valence-corrected chi connectivity index (χ0v) is 9.90. The Bertz CT molecular complexity index is 162. The topological polar surface area (TPSA) is 20.3 Å². The van der Waals surface area contributed by atoms with E-state index >= 15 is 0 Å². The molecule has 0 N–H and O–H groups in total. The molecular formula is C9H17Cl2NO. The van der Waals surface area contributed by atoms with Crippen LogP contribution in [-0.4, -0.2) is 28.2 Å². The van der Waals surface area contributed by atoms with E-state index in [9.17, 15) is 4.79 Å². The van der Waals surface area contributed by atoms with E-state index in [4.69, 9.17) is 23.2 Å². The average Bonchev–Trinajstić information content (AvgIpc) is 2.11. The molecule has 0 fully saturated rings. The van der Waals surface area contributed by atoms with E-state index in [1.54, 1.807) is 4.90 Å². The number of rotatable bonds is 5. The summed E-state index contributed by atoms with van der Waals surface area (Å²) in [6.07, 6.45) is 1.85. The Hall–Kier alpha value is 0.0500. The molecule has 13 heavy (non-hydrogen) atoms. The number of carbonyl (C=O) groups is 1. The van der Waals surface area contributed by atoms with Crippen LogP contribution < -0.4 is 0 Å². The van der Waals surface area contributed by atoms with Gasteiger partial charge in [-0.15, -0.1) is 0 Å². The summed E-state index contributed by atoms with van der Waals surface area (Å²) in [5.74, 6) is -0.181. The number of nitrogens with zero attached hydrogens (tertiary/aromatic N) is 1. The molecule has 0 saturated carbocycles. The molecule has 1 unspecified atom stereocenters. The molecule has 0 aromatic rings. The van der Waals surface area contributed by atoms with Gasteiger partial charge in [0.05, 0.1) is 0 Å². The van der Waals surface area contributed by atoms with Crippen LogP contribution in [0.1, 0.15) is 33.6 Å². The van der Waals surface area contributed by atoms with Crippen LogP contribution in [0.3, 0.4) is 0 Å². The summed E-state index contributed by atoms with van der Waals surface area (Å²) in [6, 6.07) is 0.215. The summed E-state index contributed by atoms with van der Waals surface area (Å²) in [5, 5.41) is 0. The highest BCUT2D eigenvalue weighted by Gasteiger charge is 2.22. The molecule has 0 aliphatic rings. The first-order chi connectivity index (χ1) is 6.04. The minimum Gasteiger partial charge on any atom is -0.338 e. The SMILES string of the molecule is CCCN(C(=O)C(Cl)Cl)C(C)CC. The van der Waals surface area contributed by atoms with E-state index in [0.717, 1.165) is 19.4 Å². The second-order valence-electron chi connectivity index (χ2n) is 3.09. The molecule has 1 atom stereocenters. The van der Waals surface area contributed by atoms with Crippen molar-refractivity contribution in [2.45, 2.75) is 44.5 Å². The Morgan fingerprint density at radius 3 is 2.23 bits per heavy atom. The first-order valence-electron chi connectivity index (χ1n) is 4.63. The van der Waals surface area contributed by atoms with Gasteiger partial charge >= 0.3 is 0 Å². The first-order valence-corrected chi connectivity index (χ1v) is 5.50. The van der Waals surface area contributed by atoms with Gasteiger partial charge in [-0.1, -0.05) is 37.0 Å². The third-order valence-electron chi connectivity index (χ3n) is 2.06. The van der Waals surface area contributed by atoms with Gasteiger partial charge < -0.3 is 4.90 Å². The predicted molar refractivity (Wildman–Crippen MR) is 57.3 cm³/mol. The van der Waals surface area contributed by atoms with Crippen LogP contribution in [0.25, 0.3) is 0 Å². The minimum atomic E-state index is -0.930. The maximum atomic E-state index is 11.5. The van der Waals surface area contributed by atoms with Crippen molar-refractivity contribution in [3.8, 4) is 0 Å². The molecule has 0 saturated heterocycles. The van der Waals surface area contributed by atoms with Crippen LogP contribution in [0.5, 0.6) is 0 Å². The molecule has 2 nitrogen and oxygen atoms in total. The Kier molecular flexibility index (Phi) is 6.52. The van der Waals surface area contributed by atoms with Crippen LogP contribution in [-0.2, 0) is 4.79 Å². The molecule has 0 aromatic heterocycles. The Balaban J connectivity index is 4.31. The quantitative estimate of drug-likeness (QED) is 0.660. The molecule has 0 aliphatic heterocycles. The van der Waals surface area contributed by atoms with Crippen molar-refractivity contribution in [1.29, 1.82) is 0 Å². The highest BCUT2D eigenvalue weighted by Crippen LogP contribution is 2.12. The number of amides is 1. The number of carbonyl (C=O) groups excluding carboxylic acids is 1. The fourth-order valence-electron chi connectivity index (χ4n) is 1.13. The van der Waals surface area contributed by atoms with Gasteiger partial charge in [0.1, 0.15) is 0 Å². The van der Waals surface area contributed by atoms with E-state index in [1.807, 2.05) is 20.8 Å². The number of halogens is 2. The lowest BCUT2D eigenvalue weighted by atomic mass is 10.2. The summed E-state index contributed by atoms with van der Waals surface area (Å²) >= 11 is 11.1. The second kappa shape index (κ2) is 6.50. The standard InChI is InChI=1S/C9H17Cl2NO/c1-4-6-12(7(3)5-2)9(13)8(10)11/h7-8H,4-6H2,1-3H3. The van der Waals surface area contributed by atoms with Gasteiger partial charge in [-0.05, 0) is 19.8 Å². The van der Waals surface area contributed by atoms with Crippen molar-refractivity contribution in [3.05, 3.63) is 0 Å². The lowest BCUT2D eigenvalue weighted by Gasteiger charge is -2.28. The molecule has 78 valence electrons. The third kappa shape index (κ3) is 4.19. The summed E-state index contributed by atoms with van der Waals surface area (Å²) in [7, 11) is 0. The van der Waals surface area contributed by atoms with Crippen LogP contribution in [0, 0.1) is 0 Å². The highest BCUT2D eigenvalue weighted by atomic mass is 35.5. The smallest absolute Gasteiger partial charge is 0.256 e. The van der Waals surface area contributed by atoms with Crippen LogP contribution in [0.15, 0.2) is 0 Å². The van der Waals surface area contributed by atoms with E-state index in [0.29, 0.717) is 0 Å². The molecule has 0 bridgehead atoms. The first kappa shape index (κ1) is 13.1. The molecule has 4 heteroatoms. The Morgan fingerprint density at radius 1 is 1.38 bits per heavy atom. The van der Waals surface area contributed by atoms with Crippen LogP contribution in [0.2, 0.25) is 0 Å². The van der Waals surface area contributed by atoms with Gasteiger partial charge in [-0.25, -0.2) is 0 Å². The number of alkyl halides is 2. The Labute approximate surface area is 90.2 Å².